The lowest BCUT2D eigenvalue weighted by Crippen LogP contribution is -1.96. The number of H-pyrrole nitrogens is 1. The van der Waals surface area contributed by atoms with Crippen LogP contribution in [0.15, 0.2) is 18.2 Å². The molecule has 0 aliphatic heterocycles. The van der Waals surface area contributed by atoms with E-state index < -0.39 is 0 Å². The summed E-state index contributed by atoms with van der Waals surface area (Å²) in [6, 6.07) is 6.03. The second kappa shape index (κ2) is 3.21. The number of aromatic amines is 1. The average Bonchev–Trinajstić information content (AvgIpc) is 2.72. The maximum Gasteiger partial charge on any atom is 0.145 e. The van der Waals surface area contributed by atoms with E-state index in [4.69, 9.17) is 5.73 Å². The number of hydrogen-bond donors (Lipinski definition) is 2. The largest absolute Gasteiger partial charge is 0.382 e. The maximum absolute atomic E-state index is 5.55. The van der Waals surface area contributed by atoms with Crippen LogP contribution in [-0.2, 0) is 13.5 Å². The van der Waals surface area contributed by atoms with Crippen LogP contribution in [0.3, 0.4) is 0 Å². The predicted octanol–water partition coefficient (Wildman–Crippen LogP) is 1.56. The number of nitrogens with two attached hydrogens (primary N) is 1. The molecule has 0 aliphatic carbocycles. The molecule has 0 spiro atoms. The summed E-state index contributed by atoms with van der Waals surface area (Å²) in [6.45, 7) is 2.14. The average molecular weight is 190 g/mol. The van der Waals surface area contributed by atoms with Crippen LogP contribution in [0.25, 0.3) is 11.4 Å². The molecule has 0 aliphatic rings. The van der Waals surface area contributed by atoms with Crippen LogP contribution in [0, 0.1) is 0 Å². The Morgan fingerprint density at radius 1 is 1.50 bits per heavy atom. The monoisotopic (exact) mass is 190 g/mol. The van der Waals surface area contributed by atoms with Crippen molar-refractivity contribution in [1.29, 1.82) is 0 Å². The van der Waals surface area contributed by atoms with Crippen molar-refractivity contribution >= 4 is 5.82 Å². The Morgan fingerprint density at radius 2 is 2.29 bits per heavy atom. The number of aromatic nitrogens is 3. The lowest BCUT2D eigenvalue weighted by molar-refractivity contribution is 0.841. The van der Waals surface area contributed by atoms with Crippen LogP contribution in [0.2, 0.25) is 0 Å². The Labute approximate surface area is 82.7 Å². The number of anilines is 1. The topological polar surface area (TPSA) is 59.6 Å². The molecular weight excluding hydrogens is 176 g/mol. The van der Waals surface area contributed by atoms with Crippen LogP contribution in [-0.4, -0.2) is 14.8 Å². The molecule has 0 atom stereocenters. The number of aryl methyl sites for hydroxylation is 1. The zero-order chi connectivity index (χ0) is 10.1. The van der Waals surface area contributed by atoms with Gasteiger partial charge in [-0.3, -0.25) is 5.10 Å². The number of rotatable bonds is 2. The van der Waals surface area contributed by atoms with Crippen molar-refractivity contribution < 1.29 is 0 Å². The van der Waals surface area contributed by atoms with Crippen molar-refractivity contribution in [2.24, 2.45) is 7.05 Å². The van der Waals surface area contributed by atoms with Gasteiger partial charge in [0.15, 0.2) is 0 Å². The van der Waals surface area contributed by atoms with Gasteiger partial charge < -0.3 is 10.3 Å². The third-order valence-electron chi connectivity index (χ3n) is 2.46. The summed E-state index contributed by atoms with van der Waals surface area (Å²) in [5, 5.41) is 6.81. The van der Waals surface area contributed by atoms with Crippen molar-refractivity contribution in [2.75, 3.05) is 5.73 Å². The smallest absolute Gasteiger partial charge is 0.145 e. The van der Waals surface area contributed by atoms with Crippen molar-refractivity contribution in [3.05, 3.63) is 23.9 Å². The van der Waals surface area contributed by atoms with E-state index >= 15 is 0 Å². The second-order valence-corrected chi connectivity index (χ2v) is 3.33. The highest BCUT2D eigenvalue weighted by Gasteiger charge is 2.07. The Kier molecular flexibility index (Phi) is 2.04. The zero-order valence-electron chi connectivity index (χ0n) is 8.41. The van der Waals surface area contributed by atoms with E-state index in [1.165, 1.54) is 5.69 Å². The predicted molar refractivity (Wildman–Crippen MR) is 56.8 cm³/mol. The third kappa shape index (κ3) is 1.28. The summed E-state index contributed by atoms with van der Waals surface area (Å²) in [4.78, 5) is 0. The van der Waals surface area contributed by atoms with Gasteiger partial charge in [-0.2, -0.15) is 5.10 Å². The van der Waals surface area contributed by atoms with Gasteiger partial charge in [-0.25, -0.2) is 0 Å². The summed E-state index contributed by atoms with van der Waals surface area (Å²) < 4.78 is 2.15. The molecule has 0 radical (unpaired) electrons. The number of nitrogens with zero attached hydrogens (tertiary/aromatic N) is 2. The van der Waals surface area contributed by atoms with E-state index in [0.29, 0.717) is 5.82 Å². The normalized spacial score (nSPS) is 10.7. The first kappa shape index (κ1) is 8.87. The van der Waals surface area contributed by atoms with Crippen molar-refractivity contribution in [2.45, 2.75) is 13.3 Å². The van der Waals surface area contributed by atoms with Gasteiger partial charge in [0.1, 0.15) is 5.82 Å². The Morgan fingerprint density at radius 3 is 2.79 bits per heavy atom. The van der Waals surface area contributed by atoms with E-state index in [1.54, 1.807) is 0 Å². The molecule has 2 heterocycles. The minimum Gasteiger partial charge on any atom is -0.382 e. The van der Waals surface area contributed by atoms with E-state index in [1.807, 2.05) is 13.1 Å². The van der Waals surface area contributed by atoms with Crippen LogP contribution < -0.4 is 5.73 Å². The Bertz CT molecular complexity index is 439. The lowest BCUT2D eigenvalue weighted by Gasteiger charge is -2.03. The fourth-order valence-corrected chi connectivity index (χ4v) is 1.65. The first-order chi connectivity index (χ1) is 6.72. The maximum atomic E-state index is 5.55. The molecule has 2 aromatic rings. The molecule has 4 nitrogen and oxygen atoms in total. The molecule has 4 heteroatoms. The number of nitrogen functional groups attached to an aromatic ring is 1. The van der Waals surface area contributed by atoms with Gasteiger partial charge in [0, 0.05) is 18.8 Å². The standard InChI is InChI=1S/C10H14N4/c1-3-7-4-5-9(14(7)2)8-6-10(11)13-12-8/h4-6H,3H2,1-2H3,(H3,11,12,13). The second-order valence-electron chi connectivity index (χ2n) is 3.33. The summed E-state index contributed by atoms with van der Waals surface area (Å²) >= 11 is 0. The van der Waals surface area contributed by atoms with Crippen LogP contribution >= 0.6 is 0 Å². The molecule has 0 unspecified atom stereocenters. The highest BCUT2D eigenvalue weighted by atomic mass is 15.2. The molecule has 0 amide bonds. The van der Waals surface area contributed by atoms with E-state index in [0.717, 1.165) is 17.8 Å². The number of nitrogens with one attached hydrogen (secondary N) is 1. The summed E-state index contributed by atoms with van der Waals surface area (Å²) in [6.07, 6.45) is 1.03. The molecular formula is C10H14N4. The first-order valence-electron chi connectivity index (χ1n) is 4.68. The van der Waals surface area contributed by atoms with Gasteiger partial charge >= 0.3 is 0 Å². The van der Waals surface area contributed by atoms with Crippen molar-refractivity contribution in [3.63, 3.8) is 0 Å². The van der Waals surface area contributed by atoms with Gasteiger partial charge in [-0.15, -0.1) is 0 Å². The molecule has 0 saturated heterocycles. The van der Waals surface area contributed by atoms with Gasteiger partial charge in [0.2, 0.25) is 0 Å². The molecule has 0 saturated carbocycles. The third-order valence-corrected chi connectivity index (χ3v) is 2.46. The minimum atomic E-state index is 0.527. The zero-order valence-corrected chi connectivity index (χ0v) is 8.41. The molecule has 2 rings (SSSR count). The van der Waals surface area contributed by atoms with E-state index in [2.05, 4.69) is 33.8 Å². The van der Waals surface area contributed by atoms with Crippen LogP contribution in [0.4, 0.5) is 5.82 Å². The van der Waals surface area contributed by atoms with Gasteiger partial charge in [-0.05, 0) is 18.6 Å². The SMILES string of the molecule is CCc1ccc(-c2cc(N)n[nH]2)n1C. The molecule has 74 valence electrons. The fourth-order valence-electron chi connectivity index (χ4n) is 1.65. The van der Waals surface area contributed by atoms with E-state index in [-0.39, 0.29) is 0 Å². The van der Waals surface area contributed by atoms with Gasteiger partial charge in [0.25, 0.3) is 0 Å². The van der Waals surface area contributed by atoms with E-state index in [9.17, 15) is 0 Å². The fraction of sp³-hybridized carbons (Fsp3) is 0.300. The van der Waals surface area contributed by atoms with Crippen molar-refractivity contribution in [1.82, 2.24) is 14.8 Å². The van der Waals surface area contributed by atoms with Crippen LogP contribution in [0.5, 0.6) is 0 Å². The molecule has 2 aromatic heterocycles. The molecule has 3 N–H and O–H groups in total. The molecule has 0 bridgehead atoms. The van der Waals surface area contributed by atoms with Gasteiger partial charge in [-0.1, -0.05) is 6.92 Å². The quantitative estimate of drug-likeness (QED) is 0.755. The Hall–Kier alpha value is -1.71. The number of hydrogen-bond acceptors (Lipinski definition) is 2. The summed E-state index contributed by atoms with van der Waals surface area (Å²) in [7, 11) is 2.05. The summed E-state index contributed by atoms with van der Waals surface area (Å²) in [5.41, 5.74) is 8.93. The molecule has 0 fully saturated rings. The first-order valence-corrected chi connectivity index (χ1v) is 4.68. The van der Waals surface area contributed by atoms with Gasteiger partial charge in [0.05, 0.1) is 11.4 Å². The molecule has 0 aromatic carbocycles. The van der Waals surface area contributed by atoms with Crippen molar-refractivity contribution in [3.8, 4) is 11.4 Å². The molecule has 14 heavy (non-hydrogen) atoms. The van der Waals surface area contributed by atoms with Crippen LogP contribution in [0.1, 0.15) is 12.6 Å². The lowest BCUT2D eigenvalue weighted by atomic mass is 10.3. The summed E-state index contributed by atoms with van der Waals surface area (Å²) in [5.74, 6) is 0.527. The highest BCUT2D eigenvalue weighted by Crippen LogP contribution is 2.20. The Balaban J connectivity index is 2.46. The minimum absolute atomic E-state index is 0.527. The highest BCUT2D eigenvalue weighted by molar-refractivity contribution is 5.59.